The Kier molecular flexibility index (Phi) is 8.50. The molecule has 1 aliphatic heterocycles. The van der Waals surface area contributed by atoms with E-state index < -0.39 is 29.9 Å². The van der Waals surface area contributed by atoms with Crippen LogP contribution in [0.2, 0.25) is 0 Å². The van der Waals surface area contributed by atoms with E-state index in [4.69, 9.17) is 9.73 Å². The maximum Gasteiger partial charge on any atom is 0.407 e. The minimum Gasteiger partial charge on any atom is -0.466 e. The van der Waals surface area contributed by atoms with Crippen molar-refractivity contribution in [3.05, 3.63) is 77.9 Å². The Bertz CT molecular complexity index is 1450. The third-order valence-corrected chi connectivity index (χ3v) is 9.28. The number of benzene rings is 2. The standard InChI is InChI=1S/C34H38N4O6/c1-43-30(40)12-7-13-35-29(39)20-38-28-11-6-5-10-26(28)31(25-8-3-2-4-9-25)36-27(32(38)41)21-44-33(42)37-34-17-22-14-23(18-34)16-24(15-22)19-34/h2-12,22-24,27H,13-21H2,1H3,(H,35,39)(H,37,42)/b12-7+. The molecule has 4 aliphatic carbocycles. The molecule has 10 nitrogen and oxygen atoms in total. The molecule has 5 aliphatic rings. The molecule has 4 saturated carbocycles. The van der Waals surface area contributed by atoms with Crippen LogP contribution in [0, 0.1) is 17.8 Å². The van der Waals surface area contributed by atoms with E-state index >= 15 is 0 Å². The van der Waals surface area contributed by atoms with Gasteiger partial charge in [0.2, 0.25) is 5.91 Å². The first-order valence-electron chi connectivity index (χ1n) is 15.3. The number of hydrogen-bond acceptors (Lipinski definition) is 7. The lowest BCUT2D eigenvalue weighted by Crippen LogP contribution is -2.60. The molecule has 2 aromatic rings. The van der Waals surface area contributed by atoms with E-state index in [0.717, 1.165) is 24.8 Å². The van der Waals surface area contributed by atoms with Gasteiger partial charge in [0.15, 0.2) is 6.04 Å². The average molecular weight is 599 g/mol. The fraction of sp³-hybridized carbons (Fsp3) is 0.441. The summed E-state index contributed by atoms with van der Waals surface area (Å²) in [6.07, 6.45) is 8.89. The molecule has 10 heteroatoms. The lowest BCUT2D eigenvalue weighted by Gasteiger charge is -2.56. The molecular weight excluding hydrogens is 560 g/mol. The zero-order chi connectivity index (χ0) is 30.7. The van der Waals surface area contributed by atoms with Crippen LogP contribution in [-0.4, -0.2) is 68.0 Å². The summed E-state index contributed by atoms with van der Waals surface area (Å²) in [4.78, 5) is 57.8. The number of alkyl carbamates (subject to hydrolysis) is 1. The molecule has 7 rings (SSSR count). The fourth-order valence-electron chi connectivity index (χ4n) is 7.85. The number of amides is 3. The molecule has 3 amide bonds. The van der Waals surface area contributed by atoms with Crippen molar-refractivity contribution >= 4 is 35.3 Å². The number of anilines is 1. The van der Waals surface area contributed by atoms with E-state index in [0.29, 0.717) is 34.7 Å². The van der Waals surface area contributed by atoms with Gasteiger partial charge in [0.1, 0.15) is 13.2 Å². The first kappa shape index (κ1) is 29.6. The summed E-state index contributed by atoms with van der Waals surface area (Å²) in [5.41, 5.74) is 2.37. The molecule has 44 heavy (non-hydrogen) atoms. The van der Waals surface area contributed by atoms with E-state index in [1.807, 2.05) is 42.5 Å². The van der Waals surface area contributed by atoms with E-state index in [2.05, 4.69) is 15.4 Å². The van der Waals surface area contributed by atoms with Gasteiger partial charge in [-0.15, -0.1) is 0 Å². The third-order valence-electron chi connectivity index (χ3n) is 9.28. The summed E-state index contributed by atoms with van der Waals surface area (Å²) in [6, 6.07) is 15.7. The predicted molar refractivity (Wildman–Crippen MR) is 164 cm³/mol. The number of hydrogen-bond donors (Lipinski definition) is 2. The number of para-hydroxylation sites is 1. The largest absolute Gasteiger partial charge is 0.466 e. The van der Waals surface area contributed by atoms with Crippen LogP contribution < -0.4 is 15.5 Å². The monoisotopic (exact) mass is 598 g/mol. The maximum atomic E-state index is 14.1. The Balaban J connectivity index is 1.21. The maximum absolute atomic E-state index is 14.1. The number of esters is 1. The highest BCUT2D eigenvalue weighted by molar-refractivity contribution is 6.20. The molecule has 1 heterocycles. The quantitative estimate of drug-likeness (QED) is 0.334. The molecule has 1 unspecified atom stereocenters. The Hall–Kier alpha value is -4.47. The first-order valence-corrected chi connectivity index (χ1v) is 15.3. The van der Waals surface area contributed by atoms with Gasteiger partial charge in [0.05, 0.1) is 18.5 Å². The van der Waals surface area contributed by atoms with Gasteiger partial charge in [-0.25, -0.2) is 9.59 Å². The van der Waals surface area contributed by atoms with E-state index in [1.54, 1.807) is 12.1 Å². The number of ether oxygens (including phenoxy) is 2. The molecule has 0 radical (unpaired) electrons. The minimum absolute atomic E-state index is 0.0837. The lowest BCUT2D eigenvalue weighted by atomic mass is 9.53. The van der Waals surface area contributed by atoms with Crippen LogP contribution in [0.3, 0.4) is 0 Å². The van der Waals surface area contributed by atoms with Gasteiger partial charge < -0.3 is 25.0 Å². The number of benzodiazepines with no additional fused rings is 1. The van der Waals surface area contributed by atoms with Crippen molar-refractivity contribution in [2.75, 3.05) is 31.7 Å². The van der Waals surface area contributed by atoms with Crippen LogP contribution >= 0.6 is 0 Å². The van der Waals surface area contributed by atoms with Crippen molar-refractivity contribution in [1.82, 2.24) is 10.6 Å². The number of carbonyl (C=O) groups is 4. The third kappa shape index (κ3) is 6.39. The average Bonchev–Trinajstić information content (AvgIpc) is 3.12. The number of nitrogens with zero attached hydrogens (tertiary/aromatic N) is 2. The summed E-state index contributed by atoms with van der Waals surface area (Å²) in [7, 11) is 1.27. The van der Waals surface area contributed by atoms with E-state index in [9.17, 15) is 19.2 Å². The number of methoxy groups -OCH3 is 1. The van der Waals surface area contributed by atoms with Crippen LogP contribution in [-0.2, 0) is 23.9 Å². The normalized spacial score (nSPS) is 26.9. The zero-order valence-corrected chi connectivity index (χ0v) is 24.9. The van der Waals surface area contributed by atoms with Crippen LogP contribution in [0.1, 0.15) is 49.7 Å². The van der Waals surface area contributed by atoms with Gasteiger partial charge in [-0.05, 0) is 62.3 Å². The van der Waals surface area contributed by atoms with Crippen molar-refractivity contribution in [2.45, 2.75) is 50.1 Å². The van der Waals surface area contributed by atoms with Gasteiger partial charge in [0, 0.05) is 29.3 Å². The van der Waals surface area contributed by atoms with E-state index in [1.165, 1.54) is 43.4 Å². The second-order valence-electron chi connectivity index (χ2n) is 12.5. The summed E-state index contributed by atoms with van der Waals surface area (Å²) in [6.45, 7) is -0.461. The van der Waals surface area contributed by atoms with Crippen molar-refractivity contribution in [2.24, 2.45) is 22.7 Å². The molecule has 230 valence electrons. The minimum atomic E-state index is -1.06. The van der Waals surface area contributed by atoms with Crippen molar-refractivity contribution < 1.29 is 28.7 Å². The van der Waals surface area contributed by atoms with Crippen molar-refractivity contribution in [3.8, 4) is 0 Å². The lowest BCUT2D eigenvalue weighted by molar-refractivity contribution is -0.134. The molecule has 4 bridgehead atoms. The second-order valence-corrected chi connectivity index (χ2v) is 12.5. The van der Waals surface area contributed by atoms with Crippen LogP contribution in [0.15, 0.2) is 71.7 Å². The molecule has 4 fully saturated rings. The Morgan fingerprint density at radius 1 is 0.977 bits per heavy atom. The van der Waals surface area contributed by atoms with Gasteiger partial charge in [0.25, 0.3) is 5.91 Å². The summed E-state index contributed by atoms with van der Waals surface area (Å²) in [5, 5.41) is 5.90. The van der Waals surface area contributed by atoms with Gasteiger partial charge >= 0.3 is 12.1 Å². The molecule has 2 aromatic carbocycles. The number of carbonyl (C=O) groups excluding carboxylic acids is 4. The number of aliphatic imine (C=N–C) groups is 1. The predicted octanol–water partition coefficient (Wildman–Crippen LogP) is 3.78. The van der Waals surface area contributed by atoms with Crippen molar-refractivity contribution in [1.29, 1.82) is 0 Å². The Morgan fingerprint density at radius 2 is 1.64 bits per heavy atom. The summed E-state index contributed by atoms with van der Waals surface area (Å²) < 4.78 is 10.3. The smallest absolute Gasteiger partial charge is 0.407 e. The van der Waals surface area contributed by atoms with Crippen LogP contribution in [0.4, 0.5) is 10.5 Å². The molecule has 1 atom stereocenters. The fourth-order valence-corrected chi connectivity index (χ4v) is 7.85. The number of fused-ring (bicyclic) bond motifs is 1. The van der Waals surface area contributed by atoms with Crippen LogP contribution in [0.25, 0.3) is 0 Å². The van der Waals surface area contributed by atoms with Gasteiger partial charge in [-0.2, -0.15) is 0 Å². The van der Waals surface area contributed by atoms with Gasteiger partial charge in [-0.1, -0.05) is 54.6 Å². The van der Waals surface area contributed by atoms with E-state index in [-0.39, 0.29) is 25.2 Å². The molecule has 2 N–H and O–H groups in total. The zero-order valence-electron chi connectivity index (χ0n) is 24.9. The van der Waals surface area contributed by atoms with Crippen molar-refractivity contribution in [3.63, 3.8) is 0 Å². The molecule has 0 saturated heterocycles. The first-order chi connectivity index (χ1) is 21.3. The second kappa shape index (κ2) is 12.6. The number of rotatable bonds is 9. The Labute approximate surface area is 256 Å². The molecular formula is C34H38N4O6. The highest BCUT2D eigenvalue weighted by Gasteiger charge is 2.51. The van der Waals surface area contributed by atoms with Gasteiger partial charge in [-0.3, -0.25) is 14.6 Å². The SMILES string of the molecule is COC(=O)/C=C/CNC(=O)CN1C(=O)C(COC(=O)NC23CC4CC(CC(C4)C2)C3)N=C(c2ccccc2)c2ccccc21. The highest BCUT2D eigenvalue weighted by Crippen LogP contribution is 2.55. The summed E-state index contributed by atoms with van der Waals surface area (Å²) in [5.74, 6) is 0.583. The summed E-state index contributed by atoms with van der Waals surface area (Å²) >= 11 is 0. The number of nitrogens with one attached hydrogen (secondary N) is 2. The topological polar surface area (TPSA) is 126 Å². The molecule has 0 spiro atoms. The van der Waals surface area contributed by atoms with Crippen LogP contribution in [0.5, 0.6) is 0 Å². The highest BCUT2D eigenvalue weighted by atomic mass is 16.5. The molecule has 0 aromatic heterocycles. The Morgan fingerprint density at radius 3 is 2.32 bits per heavy atom.